The largest absolute Gasteiger partial charge is 0.465 e. The Morgan fingerprint density at radius 2 is 1.81 bits per heavy atom. The van der Waals surface area contributed by atoms with Gasteiger partial charge < -0.3 is 4.74 Å². The third-order valence-electron chi connectivity index (χ3n) is 3.26. The highest BCUT2D eigenvalue weighted by Crippen LogP contribution is 2.26. The van der Waals surface area contributed by atoms with Gasteiger partial charge in [-0.05, 0) is 24.3 Å². The molecule has 3 nitrogen and oxygen atoms in total. The lowest BCUT2D eigenvalue weighted by Crippen LogP contribution is -2.03. The van der Waals surface area contributed by atoms with Crippen molar-refractivity contribution in [3.63, 3.8) is 0 Å². The van der Waals surface area contributed by atoms with E-state index in [1.165, 1.54) is 7.11 Å². The molecule has 0 saturated carbocycles. The van der Waals surface area contributed by atoms with Gasteiger partial charge in [-0.2, -0.15) is 0 Å². The van der Waals surface area contributed by atoms with E-state index in [2.05, 4.69) is 20.9 Å². The molecule has 1 heterocycles. The third-order valence-corrected chi connectivity index (χ3v) is 3.79. The molecule has 0 saturated heterocycles. The van der Waals surface area contributed by atoms with Crippen molar-refractivity contribution in [3.05, 3.63) is 64.6 Å². The molecule has 1 aromatic heterocycles. The van der Waals surface area contributed by atoms with Crippen LogP contribution in [0.5, 0.6) is 0 Å². The van der Waals surface area contributed by atoms with Crippen molar-refractivity contribution in [1.82, 2.24) is 4.98 Å². The number of ether oxygens (including phenoxy) is 1. The first-order valence-corrected chi connectivity index (χ1v) is 7.22. The molecule has 104 valence electrons. The molecule has 0 unspecified atom stereocenters. The fourth-order valence-corrected chi connectivity index (χ4v) is 2.49. The van der Waals surface area contributed by atoms with Crippen LogP contribution in [-0.2, 0) is 4.74 Å². The summed E-state index contributed by atoms with van der Waals surface area (Å²) in [6.07, 6.45) is 0. The summed E-state index contributed by atoms with van der Waals surface area (Å²) in [7, 11) is 1.39. The first-order chi connectivity index (χ1) is 10.2. The second-order valence-corrected chi connectivity index (χ2v) is 5.49. The van der Waals surface area contributed by atoms with Gasteiger partial charge in [-0.15, -0.1) is 0 Å². The summed E-state index contributed by atoms with van der Waals surface area (Å²) in [5, 5.41) is 0.796. The average molecular weight is 342 g/mol. The number of hydrogen-bond donors (Lipinski definition) is 0. The number of carbonyl (C=O) groups is 1. The van der Waals surface area contributed by atoms with Crippen molar-refractivity contribution in [2.45, 2.75) is 0 Å². The van der Waals surface area contributed by atoms with Crippen molar-refractivity contribution >= 4 is 32.8 Å². The number of rotatable bonds is 2. The van der Waals surface area contributed by atoms with Gasteiger partial charge in [-0.3, -0.25) is 0 Å². The number of aromatic nitrogens is 1. The first kappa shape index (κ1) is 13.8. The molecule has 0 atom stereocenters. The monoisotopic (exact) mass is 341 g/mol. The maximum atomic E-state index is 12.0. The van der Waals surface area contributed by atoms with E-state index >= 15 is 0 Å². The normalized spacial score (nSPS) is 10.6. The average Bonchev–Trinajstić information content (AvgIpc) is 2.53. The van der Waals surface area contributed by atoms with E-state index in [0.29, 0.717) is 5.56 Å². The Bertz CT molecular complexity index is 813. The molecular weight excluding hydrogens is 330 g/mol. The van der Waals surface area contributed by atoms with Crippen LogP contribution in [0.1, 0.15) is 10.4 Å². The molecule has 0 N–H and O–H groups in total. The van der Waals surface area contributed by atoms with Crippen LogP contribution in [0.25, 0.3) is 22.2 Å². The Balaban J connectivity index is 2.25. The molecule has 3 aromatic rings. The molecule has 0 aliphatic heterocycles. The zero-order valence-electron chi connectivity index (χ0n) is 11.3. The number of benzene rings is 2. The number of para-hydroxylation sites is 1. The molecule has 3 rings (SSSR count). The molecule has 0 aliphatic rings. The molecule has 21 heavy (non-hydrogen) atoms. The molecule has 4 heteroatoms. The van der Waals surface area contributed by atoms with E-state index in [0.717, 1.165) is 26.6 Å². The lowest BCUT2D eigenvalue weighted by molar-refractivity contribution is 0.0603. The summed E-state index contributed by atoms with van der Waals surface area (Å²) in [6.45, 7) is 0. The van der Waals surface area contributed by atoms with Crippen molar-refractivity contribution in [3.8, 4) is 11.3 Å². The van der Waals surface area contributed by atoms with Gasteiger partial charge in [0.2, 0.25) is 0 Å². The van der Waals surface area contributed by atoms with Gasteiger partial charge >= 0.3 is 5.97 Å². The number of halogens is 1. The number of fused-ring (bicyclic) bond motifs is 1. The minimum atomic E-state index is -0.355. The SMILES string of the molecule is COC(=O)c1cc(-c2ccc(Br)cc2)nc2ccccc12. The molecule has 2 aromatic carbocycles. The predicted molar refractivity (Wildman–Crippen MR) is 86.2 cm³/mol. The minimum Gasteiger partial charge on any atom is -0.465 e. The van der Waals surface area contributed by atoms with Crippen LogP contribution in [0, 0.1) is 0 Å². The van der Waals surface area contributed by atoms with Crippen LogP contribution >= 0.6 is 15.9 Å². The second-order valence-electron chi connectivity index (χ2n) is 4.57. The van der Waals surface area contributed by atoms with Gasteiger partial charge in [0.05, 0.1) is 23.9 Å². The summed E-state index contributed by atoms with van der Waals surface area (Å²) < 4.78 is 5.88. The van der Waals surface area contributed by atoms with Crippen molar-refractivity contribution in [2.75, 3.05) is 7.11 Å². The molecule has 0 spiro atoms. The lowest BCUT2D eigenvalue weighted by atomic mass is 10.0. The number of carbonyl (C=O) groups excluding carboxylic acids is 1. The Morgan fingerprint density at radius 1 is 1.10 bits per heavy atom. The van der Waals surface area contributed by atoms with Gasteiger partial charge in [0.15, 0.2) is 0 Å². The maximum Gasteiger partial charge on any atom is 0.338 e. The second kappa shape index (κ2) is 5.66. The van der Waals surface area contributed by atoms with E-state index in [1.54, 1.807) is 6.07 Å². The number of pyridine rings is 1. The topological polar surface area (TPSA) is 39.2 Å². The Hall–Kier alpha value is -2.20. The maximum absolute atomic E-state index is 12.0. The lowest BCUT2D eigenvalue weighted by Gasteiger charge is -2.08. The zero-order chi connectivity index (χ0) is 14.8. The van der Waals surface area contributed by atoms with Crippen LogP contribution < -0.4 is 0 Å². The Labute approximate surface area is 130 Å². The molecule has 0 amide bonds. The van der Waals surface area contributed by atoms with Crippen LogP contribution in [0.3, 0.4) is 0 Å². The van der Waals surface area contributed by atoms with Crippen LogP contribution in [-0.4, -0.2) is 18.1 Å². The standard InChI is InChI=1S/C17H12BrNO2/c1-21-17(20)14-10-16(11-6-8-12(18)9-7-11)19-15-5-3-2-4-13(14)15/h2-10H,1H3. The number of hydrogen-bond acceptors (Lipinski definition) is 3. The number of nitrogens with zero attached hydrogens (tertiary/aromatic N) is 1. The predicted octanol–water partition coefficient (Wildman–Crippen LogP) is 4.45. The van der Waals surface area contributed by atoms with Crippen molar-refractivity contribution < 1.29 is 9.53 Å². The zero-order valence-corrected chi connectivity index (χ0v) is 12.9. The quantitative estimate of drug-likeness (QED) is 0.646. The summed E-state index contributed by atoms with van der Waals surface area (Å²) in [4.78, 5) is 16.6. The Morgan fingerprint density at radius 3 is 2.52 bits per heavy atom. The summed E-state index contributed by atoms with van der Waals surface area (Å²) in [5.41, 5.74) is 3.01. The van der Waals surface area contributed by atoms with Crippen LogP contribution in [0.4, 0.5) is 0 Å². The molecule has 0 aliphatic carbocycles. The first-order valence-electron chi connectivity index (χ1n) is 6.43. The van der Waals surface area contributed by atoms with Gasteiger partial charge in [0.25, 0.3) is 0 Å². The molecule has 0 bridgehead atoms. The summed E-state index contributed by atoms with van der Waals surface area (Å²) in [6, 6.07) is 17.2. The molecule has 0 radical (unpaired) electrons. The summed E-state index contributed by atoms with van der Waals surface area (Å²) in [5.74, 6) is -0.355. The van der Waals surface area contributed by atoms with E-state index in [1.807, 2.05) is 48.5 Å². The van der Waals surface area contributed by atoms with Gasteiger partial charge in [-0.25, -0.2) is 9.78 Å². The number of methoxy groups -OCH3 is 1. The third kappa shape index (κ3) is 2.67. The molecule has 0 fully saturated rings. The fourth-order valence-electron chi connectivity index (χ4n) is 2.22. The van der Waals surface area contributed by atoms with Crippen molar-refractivity contribution in [1.29, 1.82) is 0 Å². The van der Waals surface area contributed by atoms with E-state index in [9.17, 15) is 4.79 Å². The van der Waals surface area contributed by atoms with E-state index in [-0.39, 0.29) is 5.97 Å². The van der Waals surface area contributed by atoms with E-state index in [4.69, 9.17) is 4.74 Å². The van der Waals surface area contributed by atoms with Crippen molar-refractivity contribution in [2.24, 2.45) is 0 Å². The van der Waals surface area contributed by atoms with Crippen LogP contribution in [0.15, 0.2) is 59.1 Å². The number of esters is 1. The molecular formula is C17H12BrNO2. The minimum absolute atomic E-state index is 0.355. The summed E-state index contributed by atoms with van der Waals surface area (Å²) >= 11 is 3.41. The van der Waals surface area contributed by atoms with Crippen LogP contribution in [0.2, 0.25) is 0 Å². The highest BCUT2D eigenvalue weighted by atomic mass is 79.9. The highest BCUT2D eigenvalue weighted by molar-refractivity contribution is 9.10. The van der Waals surface area contributed by atoms with Gasteiger partial charge in [0.1, 0.15) is 0 Å². The highest BCUT2D eigenvalue weighted by Gasteiger charge is 2.13. The Kier molecular flexibility index (Phi) is 3.71. The smallest absolute Gasteiger partial charge is 0.338 e. The van der Waals surface area contributed by atoms with Gasteiger partial charge in [-0.1, -0.05) is 46.3 Å². The van der Waals surface area contributed by atoms with Gasteiger partial charge in [0, 0.05) is 15.4 Å². The fraction of sp³-hybridized carbons (Fsp3) is 0.0588. The van der Waals surface area contributed by atoms with E-state index < -0.39 is 0 Å².